The van der Waals surface area contributed by atoms with E-state index in [9.17, 15) is 4.79 Å². The van der Waals surface area contributed by atoms with Gasteiger partial charge in [-0.25, -0.2) is 4.98 Å². The third kappa shape index (κ3) is 5.11. The van der Waals surface area contributed by atoms with E-state index in [1.54, 1.807) is 18.2 Å². The molecule has 0 spiro atoms. The van der Waals surface area contributed by atoms with Crippen molar-refractivity contribution in [2.75, 3.05) is 5.32 Å². The number of carbonyl (C=O) groups is 1. The van der Waals surface area contributed by atoms with Crippen LogP contribution >= 0.6 is 11.3 Å². The number of hydrogen-bond acceptors (Lipinski definition) is 5. The van der Waals surface area contributed by atoms with E-state index in [1.807, 2.05) is 62.0 Å². The van der Waals surface area contributed by atoms with Crippen LogP contribution in [0.3, 0.4) is 0 Å². The van der Waals surface area contributed by atoms with Crippen molar-refractivity contribution in [1.29, 1.82) is 5.26 Å². The van der Waals surface area contributed by atoms with Gasteiger partial charge in [0.25, 0.3) is 5.91 Å². The molecular formula is C22H24N4O2S. The summed E-state index contributed by atoms with van der Waals surface area (Å²) in [6.07, 6.45) is 1.94. The molecule has 0 bridgehead atoms. The minimum atomic E-state index is -0.524. The lowest BCUT2D eigenvalue weighted by atomic mass is 10.1. The first-order chi connectivity index (χ1) is 13.8. The van der Waals surface area contributed by atoms with Crippen LogP contribution < -0.4 is 5.32 Å². The van der Waals surface area contributed by atoms with E-state index in [4.69, 9.17) is 10.00 Å². The Labute approximate surface area is 174 Å². The molecule has 0 aliphatic rings. The molecule has 3 rings (SSSR count). The number of anilines is 1. The summed E-state index contributed by atoms with van der Waals surface area (Å²) in [6.45, 7) is 8.45. The number of carbonyl (C=O) groups excluding carboxylic acids is 1. The lowest BCUT2D eigenvalue weighted by molar-refractivity contribution is -0.0623. The SMILES string of the molecule is CC(C)OC(C)(C)c1csc(NC(=O)c2cccn2Cc2ccc(C#N)cc2)n1. The predicted octanol–water partition coefficient (Wildman–Crippen LogP) is 4.78. The van der Waals surface area contributed by atoms with E-state index in [0.29, 0.717) is 22.9 Å². The van der Waals surface area contributed by atoms with Crippen molar-refractivity contribution < 1.29 is 9.53 Å². The smallest absolute Gasteiger partial charge is 0.274 e. The average molecular weight is 409 g/mol. The number of amides is 1. The summed E-state index contributed by atoms with van der Waals surface area (Å²) >= 11 is 1.38. The monoisotopic (exact) mass is 408 g/mol. The van der Waals surface area contributed by atoms with E-state index in [2.05, 4.69) is 16.4 Å². The van der Waals surface area contributed by atoms with Gasteiger partial charge in [-0.15, -0.1) is 11.3 Å². The number of hydrogen-bond donors (Lipinski definition) is 1. The second-order valence-corrected chi connectivity index (χ2v) is 8.36. The molecule has 3 aromatic rings. The summed E-state index contributed by atoms with van der Waals surface area (Å²) < 4.78 is 7.80. The Hall–Kier alpha value is -2.95. The number of benzene rings is 1. The third-order valence-electron chi connectivity index (χ3n) is 4.37. The van der Waals surface area contributed by atoms with E-state index < -0.39 is 5.60 Å². The molecule has 1 aromatic carbocycles. The third-order valence-corrected chi connectivity index (χ3v) is 5.13. The maximum Gasteiger partial charge on any atom is 0.274 e. The van der Waals surface area contributed by atoms with Gasteiger partial charge in [-0.2, -0.15) is 5.26 Å². The molecule has 0 saturated carbocycles. The summed E-state index contributed by atoms with van der Waals surface area (Å²) in [4.78, 5) is 17.3. The molecule has 0 unspecified atom stereocenters. The van der Waals surface area contributed by atoms with Gasteiger partial charge < -0.3 is 9.30 Å². The van der Waals surface area contributed by atoms with Gasteiger partial charge >= 0.3 is 0 Å². The van der Waals surface area contributed by atoms with E-state index in [1.165, 1.54) is 11.3 Å². The summed E-state index contributed by atoms with van der Waals surface area (Å²) in [6, 6.07) is 13.1. The van der Waals surface area contributed by atoms with Gasteiger partial charge in [0.15, 0.2) is 5.13 Å². The van der Waals surface area contributed by atoms with Gasteiger partial charge in [0.1, 0.15) is 11.3 Å². The number of rotatable bonds is 7. The van der Waals surface area contributed by atoms with Crippen LogP contribution in [0.4, 0.5) is 5.13 Å². The van der Waals surface area contributed by atoms with E-state index >= 15 is 0 Å². The largest absolute Gasteiger partial charge is 0.367 e. The molecule has 2 heterocycles. The Morgan fingerprint density at radius 3 is 2.69 bits per heavy atom. The molecule has 2 aromatic heterocycles. The minimum Gasteiger partial charge on any atom is -0.367 e. The Bertz CT molecular complexity index is 1030. The van der Waals surface area contributed by atoms with Crippen LogP contribution in [-0.2, 0) is 16.9 Å². The molecule has 0 radical (unpaired) electrons. The number of thiazole rings is 1. The highest BCUT2D eigenvalue weighted by Crippen LogP contribution is 2.29. The predicted molar refractivity (Wildman–Crippen MR) is 114 cm³/mol. The quantitative estimate of drug-likeness (QED) is 0.610. The van der Waals surface area contributed by atoms with E-state index in [-0.39, 0.29) is 12.0 Å². The van der Waals surface area contributed by atoms with Gasteiger partial charge in [0.2, 0.25) is 0 Å². The maximum absolute atomic E-state index is 12.8. The number of nitrogens with zero attached hydrogens (tertiary/aromatic N) is 3. The molecule has 150 valence electrons. The van der Waals surface area contributed by atoms with Crippen LogP contribution in [0.25, 0.3) is 0 Å². The zero-order chi connectivity index (χ0) is 21.0. The molecule has 6 nitrogen and oxygen atoms in total. The molecule has 1 N–H and O–H groups in total. The van der Waals surface area contributed by atoms with Crippen molar-refractivity contribution in [3.63, 3.8) is 0 Å². The molecule has 0 saturated heterocycles. The lowest BCUT2D eigenvalue weighted by Gasteiger charge is -2.25. The summed E-state index contributed by atoms with van der Waals surface area (Å²) in [5.74, 6) is -0.216. The second kappa shape index (κ2) is 8.60. The lowest BCUT2D eigenvalue weighted by Crippen LogP contribution is -2.26. The zero-order valence-corrected chi connectivity index (χ0v) is 17.8. The highest BCUT2D eigenvalue weighted by Gasteiger charge is 2.26. The molecule has 0 aliphatic carbocycles. The first kappa shape index (κ1) is 20.8. The highest BCUT2D eigenvalue weighted by atomic mass is 32.1. The number of ether oxygens (including phenoxy) is 1. The number of nitriles is 1. The number of aromatic nitrogens is 2. The first-order valence-electron chi connectivity index (χ1n) is 9.38. The Balaban J connectivity index is 1.71. The molecule has 1 amide bonds. The fourth-order valence-corrected chi connectivity index (χ4v) is 3.92. The minimum absolute atomic E-state index is 0.0789. The topological polar surface area (TPSA) is 79.9 Å². The Morgan fingerprint density at radius 2 is 2.03 bits per heavy atom. The Morgan fingerprint density at radius 1 is 1.31 bits per heavy atom. The maximum atomic E-state index is 12.8. The van der Waals surface area contributed by atoms with Crippen LogP contribution in [0.15, 0.2) is 48.0 Å². The number of nitrogens with one attached hydrogen (secondary N) is 1. The van der Waals surface area contributed by atoms with Crippen molar-refractivity contribution in [3.05, 3.63) is 70.5 Å². The second-order valence-electron chi connectivity index (χ2n) is 7.50. The molecular weight excluding hydrogens is 384 g/mol. The zero-order valence-electron chi connectivity index (χ0n) is 17.0. The van der Waals surface area contributed by atoms with E-state index in [0.717, 1.165) is 11.3 Å². The Kier molecular flexibility index (Phi) is 6.16. The van der Waals surface area contributed by atoms with Gasteiger partial charge in [-0.1, -0.05) is 12.1 Å². The van der Waals surface area contributed by atoms with Crippen molar-refractivity contribution >= 4 is 22.4 Å². The highest BCUT2D eigenvalue weighted by molar-refractivity contribution is 7.14. The van der Waals surface area contributed by atoms with Crippen molar-refractivity contribution in [2.45, 2.75) is 45.9 Å². The van der Waals surface area contributed by atoms with Crippen LogP contribution in [0.1, 0.15) is 55.0 Å². The van der Waals surface area contributed by atoms with Crippen LogP contribution in [0, 0.1) is 11.3 Å². The van der Waals surface area contributed by atoms with Crippen molar-refractivity contribution in [3.8, 4) is 6.07 Å². The summed E-state index contributed by atoms with van der Waals surface area (Å²) in [5.41, 5.74) is 2.44. The van der Waals surface area contributed by atoms with Gasteiger partial charge in [0.05, 0.1) is 23.4 Å². The molecule has 7 heteroatoms. The van der Waals surface area contributed by atoms with Gasteiger partial charge in [0, 0.05) is 18.1 Å². The average Bonchev–Trinajstić information content (AvgIpc) is 3.31. The molecule has 0 atom stereocenters. The van der Waals surface area contributed by atoms with Crippen LogP contribution in [0.5, 0.6) is 0 Å². The standard InChI is InChI=1S/C22H24N4O2S/c1-15(2)28-22(3,4)19-14-29-21(24-19)25-20(27)18-6-5-11-26(18)13-17-9-7-16(12-23)8-10-17/h5-11,14-15H,13H2,1-4H3,(H,24,25,27). The molecule has 29 heavy (non-hydrogen) atoms. The fraction of sp³-hybridized carbons (Fsp3) is 0.318. The van der Waals surface area contributed by atoms with Gasteiger partial charge in [-0.05, 0) is 57.5 Å². The first-order valence-corrected chi connectivity index (χ1v) is 10.3. The molecule has 0 fully saturated rings. The normalized spacial score (nSPS) is 11.4. The van der Waals surface area contributed by atoms with Crippen LogP contribution in [-0.4, -0.2) is 21.6 Å². The van der Waals surface area contributed by atoms with Crippen molar-refractivity contribution in [1.82, 2.24) is 9.55 Å². The van der Waals surface area contributed by atoms with Crippen LogP contribution in [0.2, 0.25) is 0 Å². The summed E-state index contributed by atoms with van der Waals surface area (Å²) in [5, 5.41) is 14.2. The molecule has 0 aliphatic heterocycles. The fourth-order valence-electron chi connectivity index (χ4n) is 3.06. The van der Waals surface area contributed by atoms with Crippen molar-refractivity contribution in [2.24, 2.45) is 0 Å². The summed E-state index contributed by atoms with van der Waals surface area (Å²) in [7, 11) is 0. The van der Waals surface area contributed by atoms with Gasteiger partial charge in [-0.3, -0.25) is 10.1 Å².